The van der Waals surface area contributed by atoms with Gasteiger partial charge in [0.1, 0.15) is 12.1 Å². The first-order valence-corrected chi connectivity index (χ1v) is 9.25. The minimum absolute atomic E-state index is 0. The van der Waals surface area contributed by atoms with E-state index in [9.17, 15) is 9.59 Å². The van der Waals surface area contributed by atoms with Crippen molar-refractivity contribution >= 4 is 53.2 Å². The van der Waals surface area contributed by atoms with E-state index in [0.29, 0.717) is 33.2 Å². The molecule has 11 heteroatoms. The highest BCUT2D eigenvalue weighted by atomic mass is 35.5. The second-order valence-electron chi connectivity index (χ2n) is 6.27. The van der Waals surface area contributed by atoms with Crippen LogP contribution >= 0.6 is 24.0 Å². The van der Waals surface area contributed by atoms with Crippen LogP contribution in [0.3, 0.4) is 0 Å². The molecule has 2 aromatic carbocycles. The van der Waals surface area contributed by atoms with Crippen LogP contribution in [0, 0.1) is 5.41 Å². The molecule has 3 aromatic rings. The van der Waals surface area contributed by atoms with Crippen molar-refractivity contribution in [2.24, 2.45) is 5.73 Å². The smallest absolute Gasteiger partial charge is 0.251 e. The van der Waals surface area contributed by atoms with Gasteiger partial charge in [-0.15, -0.1) is 12.4 Å². The van der Waals surface area contributed by atoms with Crippen molar-refractivity contribution in [1.82, 2.24) is 10.5 Å². The number of rotatable bonds is 8. The summed E-state index contributed by atoms with van der Waals surface area (Å²) in [6.07, 6.45) is 1.35. The lowest BCUT2D eigenvalue weighted by atomic mass is 10.1. The number of nitrogens with one attached hydrogen (secondary N) is 4. The van der Waals surface area contributed by atoms with Gasteiger partial charge in [0.25, 0.3) is 5.91 Å². The molecule has 9 nitrogen and oxygen atoms in total. The van der Waals surface area contributed by atoms with Gasteiger partial charge in [0.05, 0.1) is 6.54 Å². The van der Waals surface area contributed by atoms with E-state index < -0.39 is 0 Å². The monoisotopic (exact) mass is 462 g/mol. The number of hydrogen-bond donors (Lipinski definition) is 5. The highest BCUT2D eigenvalue weighted by Gasteiger charge is 2.11. The van der Waals surface area contributed by atoms with E-state index in [1.54, 1.807) is 42.5 Å². The van der Waals surface area contributed by atoms with Crippen LogP contribution in [-0.2, 0) is 11.3 Å². The Kier molecular flexibility index (Phi) is 8.42. The second kappa shape index (κ2) is 11.0. The van der Waals surface area contributed by atoms with Gasteiger partial charge in [0.2, 0.25) is 5.91 Å². The third-order valence-electron chi connectivity index (χ3n) is 4.09. The number of benzene rings is 2. The van der Waals surface area contributed by atoms with Crippen molar-refractivity contribution < 1.29 is 14.1 Å². The molecule has 2 amide bonds. The molecule has 0 fully saturated rings. The summed E-state index contributed by atoms with van der Waals surface area (Å²) < 4.78 is 4.67. The number of hydrogen-bond acceptors (Lipinski definition) is 6. The number of carbonyl (C=O) groups excluding carboxylic acids is 2. The number of amidine groups is 1. The number of aromatic nitrogens is 1. The van der Waals surface area contributed by atoms with Gasteiger partial charge in [-0.1, -0.05) is 35.0 Å². The lowest BCUT2D eigenvalue weighted by Gasteiger charge is -2.14. The fourth-order valence-electron chi connectivity index (χ4n) is 2.61. The summed E-state index contributed by atoms with van der Waals surface area (Å²) in [4.78, 5) is 24.5. The summed E-state index contributed by atoms with van der Waals surface area (Å²) in [6.45, 7) is 0.125. The molecule has 0 aliphatic carbocycles. The van der Waals surface area contributed by atoms with Crippen LogP contribution in [-0.4, -0.2) is 29.4 Å². The normalized spacial score (nSPS) is 9.97. The predicted octanol–water partition coefficient (Wildman–Crippen LogP) is 3.01. The number of nitrogens with two attached hydrogens (primary N) is 1. The first-order valence-electron chi connectivity index (χ1n) is 8.87. The number of amides is 2. The zero-order valence-corrected chi connectivity index (χ0v) is 17.7. The summed E-state index contributed by atoms with van der Waals surface area (Å²) in [6, 6.07) is 13.2. The van der Waals surface area contributed by atoms with Crippen molar-refractivity contribution in [1.29, 1.82) is 5.41 Å². The Hall–Kier alpha value is -3.56. The maximum atomic E-state index is 12.4. The molecule has 0 aliphatic rings. The van der Waals surface area contributed by atoms with Gasteiger partial charge in [0, 0.05) is 34.4 Å². The van der Waals surface area contributed by atoms with Gasteiger partial charge in [0.15, 0.2) is 5.82 Å². The van der Waals surface area contributed by atoms with Crippen molar-refractivity contribution in [3.63, 3.8) is 0 Å². The molecule has 0 unspecified atom stereocenters. The van der Waals surface area contributed by atoms with Crippen LogP contribution in [0.2, 0.25) is 5.02 Å². The van der Waals surface area contributed by atoms with Crippen LogP contribution < -0.4 is 21.7 Å². The summed E-state index contributed by atoms with van der Waals surface area (Å²) in [5, 5.41) is 20.1. The molecule has 0 aliphatic heterocycles. The van der Waals surface area contributed by atoms with Gasteiger partial charge < -0.3 is 26.2 Å². The van der Waals surface area contributed by atoms with Gasteiger partial charge >= 0.3 is 0 Å². The Morgan fingerprint density at radius 1 is 1.13 bits per heavy atom. The molecule has 0 radical (unpaired) electrons. The minimum atomic E-state index is -0.342. The lowest BCUT2D eigenvalue weighted by Crippen LogP contribution is -2.25. The van der Waals surface area contributed by atoms with E-state index in [0.717, 1.165) is 0 Å². The van der Waals surface area contributed by atoms with Crippen molar-refractivity contribution in [2.45, 2.75) is 6.54 Å². The van der Waals surface area contributed by atoms with E-state index in [1.165, 1.54) is 12.3 Å². The molecule has 6 N–H and O–H groups in total. The maximum Gasteiger partial charge on any atom is 0.251 e. The number of nitrogens with zero attached hydrogens (tertiary/aromatic N) is 1. The summed E-state index contributed by atoms with van der Waals surface area (Å²) in [5.41, 5.74) is 7.76. The minimum Gasteiger partial charge on any atom is -0.384 e. The molecular formula is C20H20Cl2N6O3. The third-order valence-corrected chi connectivity index (χ3v) is 4.33. The summed E-state index contributed by atoms with van der Waals surface area (Å²) >= 11 is 5.93. The van der Waals surface area contributed by atoms with E-state index in [-0.39, 0.29) is 43.1 Å². The van der Waals surface area contributed by atoms with Crippen LogP contribution in [0.1, 0.15) is 21.5 Å². The van der Waals surface area contributed by atoms with Crippen molar-refractivity contribution in [2.75, 3.05) is 17.2 Å². The Morgan fingerprint density at radius 2 is 1.94 bits per heavy atom. The topological polar surface area (TPSA) is 146 Å². The van der Waals surface area contributed by atoms with E-state index >= 15 is 0 Å². The fraction of sp³-hybridized carbons (Fsp3) is 0.100. The van der Waals surface area contributed by atoms with E-state index in [4.69, 9.17) is 22.7 Å². The van der Waals surface area contributed by atoms with E-state index in [2.05, 4.69) is 25.6 Å². The van der Waals surface area contributed by atoms with Gasteiger partial charge in [-0.25, -0.2) is 0 Å². The standard InChI is InChI=1S/C20H19ClN6O3.ClH/c21-15-3-1-2-13(8-15)20(29)25-10-14-5-4-12(19(22)23)9-16(14)24-11-18(28)26-17-6-7-30-27-17;/h1-9,24H,10-11H2,(H3,22,23)(H,25,29)(H,26,27,28);1H. The summed E-state index contributed by atoms with van der Waals surface area (Å²) in [7, 11) is 0. The maximum absolute atomic E-state index is 12.4. The van der Waals surface area contributed by atoms with Gasteiger partial charge in [-0.3, -0.25) is 15.0 Å². The highest BCUT2D eigenvalue weighted by molar-refractivity contribution is 6.30. The Bertz CT molecular complexity index is 1070. The van der Waals surface area contributed by atoms with Crippen molar-refractivity contribution in [3.8, 4) is 0 Å². The molecular weight excluding hydrogens is 443 g/mol. The molecule has 0 saturated carbocycles. The molecule has 0 spiro atoms. The molecule has 31 heavy (non-hydrogen) atoms. The van der Waals surface area contributed by atoms with E-state index in [1.807, 2.05) is 0 Å². The lowest BCUT2D eigenvalue weighted by molar-refractivity contribution is -0.114. The van der Waals surface area contributed by atoms with Crippen LogP contribution in [0.25, 0.3) is 0 Å². The van der Waals surface area contributed by atoms with Crippen LogP contribution in [0.5, 0.6) is 0 Å². The predicted molar refractivity (Wildman–Crippen MR) is 121 cm³/mol. The van der Waals surface area contributed by atoms with Crippen LogP contribution in [0.15, 0.2) is 59.3 Å². The average molecular weight is 463 g/mol. The first-order chi connectivity index (χ1) is 14.4. The fourth-order valence-corrected chi connectivity index (χ4v) is 2.80. The second-order valence-corrected chi connectivity index (χ2v) is 6.70. The Balaban J connectivity index is 0.00000341. The van der Waals surface area contributed by atoms with Gasteiger partial charge in [-0.05, 0) is 29.8 Å². The number of halogens is 2. The van der Waals surface area contributed by atoms with Crippen molar-refractivity contribution in [3.05, 3.63) is 76.5 Å². The van der Waals surface area contributed by atoms with Gasteiger partial charge in [-0.2, -0.15) is 0 Å². The molecule has 162 valence electrons. The Labute approximate surface area is 189 Å². The molecule has 1 aromatic heterocycles. The third kappa shape index (κ3) is 6.73. The summed E-state index contributed by atoms with van der Waals surface area (Å²) in [5.74, 6) is -0.443. The quantitative estimate of drug-likeness (QED) is 0.256. The number of anilines is 2. The molecule has 1 heterocycles. The first kappa shape index (κ1) is 23.7. The molecule has 0 bridgehead atoms. The Morgan fingerprint density at radius 3 is 2.61 bits per heavy atom. The number of nitrogen functional groups attached to an aromatic ring is 1. The highest BCUT2D eigenvalue weighted by Crippen LogP contribution is 2.18. The SMILES string of the molecule is Cl.N=C(N)c1ccc(CNC(=O)c2cccc(Cl)c2)c(NCC(=O)Nc2ccon2)c1. The molecule has 0 atom stereocenters. The molecule has 3 rings (SSSR count). The van der Waals surface area contributed by atoms with Crippen LogP contribution in [0.4, 0.5) is 11.5 Å². The number of carbonyl (C=O) groups is 2. The zero-order chi connectivity index (χ0) is 21.5. The average Bonchev–Trinajstić information content (AvgIpc) is 3.23. The molecule has 0 saturated heterocycles. The zero-order valence-electron chi connectivity index (χ0n) is 16.1. The largest absolute Gasteiger partial charge is 0.384 e.